The molecule has 1 aromatic rings. The van der Waals surface area contributed by atoms with Gasteiger partial charge in [-0.15, -0.1) is 0 Å². The van der Waals surface area contributed by atoms with Gasteiger partial charge in [-0.05, 0) is 37.0 Å². The van der Waals surface area contributed by atoms with E-state index in [9.17, 15) is 14.4 Å². The van der Waals surface area contributed by atoms with Crippen molar-refractivity contribution in [2.75, 3.05) is 57.9 Å². The van der Waals surface area contributed by atoms with Crippen molar-refractivity contribution in [1.29, 1.82) is 0 Å². The van der Waals surface area contributed by atoms with E-state index in [0.717, 1.165) is 57.9 Å². The number of hydrogen-bond donors (Lipinski definition) is 3. The lowest BCUT2D eigenvalue weighted by Crippen LogP contribution is -2.57. The van der Waals surface area contributed by atoms with E-state index in [-0.39, 0.29) is 36.0 Å². The zero-order chi connectivity index (χ0) is 25.9. The Labute approximate surface area is 214 Å². The summed E-state index contributed by atoms with van der Waals surface area (Å²) in [5, 5.41) is 9.21. The molecule has 36 heavy (non-hydrogen) atoms. The Hall–Kier alpha value is -2.49. The lowest BCUT2D eigenvalue weighted by atomic mass is 9.90. The fraction of sp³-hybridized carbons (Fsp3) is 0.667. The minimum atomic E-state index is -0.728. The van der Waals surface area contributed by atoms with Crippen LogP contribution < -0.4 is 16.0 Å². The SMILES string of the molecule is CCCC1COCC(=O)[C@H]1NC(=O)[C@H](CC(C)C)NC(=O)c1cccc(NCCN2CCOCC2)c1. The first kappa shape index (κ1) is 28.1. The number of carbonyl (C=O) groups is 3. The summed E-state index contributed by atoms with van der Waals surface area (Å²) in [7, 11) is 0. The number of ketones is 1. The number of carbonyl (C=O) groups excluding carboxylic acids is 3. The second kappa shape index (κ2) is 14.3. The highest BCUT2D eigenvalue weighted by atomic mass is 16.5. The van der Waals surface area contributed by atoms with Crippen LogP contribution in [-0.4, -0.2) is 87.2 Å². The molecule has 2 heterocycles. The Bertz CT molecular complexity index is 869. The molecular weight excluding hydrogens is 460 g/mol. The highest BCUT2D eigenvalue weighted by Crippen LogP contribution is 2.19. The largest absolute Gasteiger partial charge is 0.384 e. The van der Waals surface area contributed by atoms with E-state index in [0.29, 0.717) is 18.6 Å². The fourth-order valence-electron chi connectivity index (χ4n) is 4.73. The van der Waals surface area contributed by atoms with Gasteiger partial charge < -0.3 is 25.4 Å². The molecule has 9 nitrogen and oxygen atoms in total. The minimum Gasteiger partial charge on any atom is -0.384 e. The van der Waals surface area contributed by atoms with Crippen molar-refractivity contribution in [2.45, 2.75) is 52.1 Å². The van der Waals surface area contributed by atoms with E-state index in [1.165, 1.54) is 0 Å². The lowest BCUT2D eigenvalue weighted by molar-refractivity contribution is -0.138. The number of rotatable bonds is 12. The van der Waals surface area contributed by atoms with Crippen molar-refractivity contribution in [3.05, 3.63) is 29.8 Å². The van der Waals surface area contributed by atoms with Gasteiger partial charge in [0.25, 0.3) is 5.91 Å². The summed E-state index contributed by atoms with van der Waals surface area (Å²) in [5.74, 6) is -0.602. The van der Waals surface area contributed by atoms with Gasteiger partial charge in [0.15, 0.2) is 5.78 Å². The first-order valence-electron chi connectivity index (χ1n) is 13.2. The lowest BCUT2D eigenvalue weighted by Gasteiger charge is -2.32. The van der Waals surface area contributed by atoms with E-state index in [4.69, 9.17) is 9.47 Å². The molecule has 200 valence electrons. The van der Waals surface area contributed by atoms with E-state index in [2.05, 4.69) is 20.9 Å². The summed E-state index contributed by atoms with van der Waals surface area (Å²) in [6.07, 6.45) is 2.17. The first-order chi connectivity index (χ1) is 17.4. The van der Waals surface area contributed by atoms with Crippen LogP contribution in [0.2, 0.25) is 0 Å². The van der Waals surface area contributed by atoms with Crippen LogP contribution in [0.15, 0.2) is 24.3 Å². The Morgan fingerprint density at radius 1 is 1.17 bits per heavy atom. The zero-order valence-corrected chi connectivity index (χ0v) is 21.9. The molecule has 2 aliphatic rings. The molecular formula is C27H42N4O5. The Balaban J connectivity index is 1.60. The monoisotopic (exact) mass is 502 g/mol. The van der Waals surface area contributed by atoms with Crippen molar-refractivity contribution in [1.82, 2.24) is 15.5 Å². The standard InChI is InChI=1S/C27H42N4O5/c1-4-6-21-17-36-18-24(32)25(21)30-27(34)23(15-19(2)3)29-26(33)20-7-5-8-22(16-20)28-9-10-31-11-13-35-14-12-31/h5,7-8,16,19,21,23,25,28H,4,6,9-15,17-18H2,1-3H3,(H,29,33)(H,30,34)/t21?,23-,25-/m0/s1. The third-order valence-corrected chi connectivity index (χ3v) is 6.67. The summed E-state index contributed by atoms with van der Waals surface area (Å²) >= 11 is 0. The topological polar surface area (TPSA) is 109 Å². The second-order valence-corrected chi connectivity index (χ2v) is 10.1. The number of hydrogen-bond acceptors (Lipinski definition) is 7. The number of ether oxygens (including phenoxy) is 2. The van der Waals surface area contributed by atoms with Gasteiger partial charge in [0.05, 0.1) is 25.9 Å². The summed E-state index contributed by atoms with van der Waals surface area (Å²) in [5.41, 5.74) is 1.34. The molecule has 0 saturated carbocycles. The summed E-state index contributed by atoms with van der Waals surface area (Å²) in [6, 6.07) is 6.01. The van der Waals surface area contributed by atoms with Crippen LogP contribution in [0.4, 0.5) is 5.69 Å². The molecule has 9 heteroatoms. The van der Waals surface area contributed by atoms with Gasteiger partial charge in [-0.25, -0.2) is 0 Å². The van der Waals surface area contributed by atoms with E-state index in [1.807, 2.05) is 32.9 Å². The molecule has 2 amide bonds. The Kier molecular flexibility index (Phi) is 11.2. The predicted molar refractivity (Wildman–Crippen MR) is 139 cm³/mol. The molecule has 2 saturated heterocycles. The normalized spacial score (nSPS) is 21.7. The van der Waals surface area contributed by atoms with Crippen LogP contribution in [-0.2, 0) is 19.1 Å². The van der Waals surface area contributed by atoms with Gasteiger partial charge in [-0.3, -0.25) is 19.3 Å². The van der Waals surface area contributed by atoms with E-state index < -0.39 is 12.1 Å². The van der Waals surface area contributed by atoms with Crippen molar-refractivity contribution < 1.29 is 23.9 Å². The van der Waals surface area contributed by atoms with Crippen LogP contribution in [0.3, 0.4) is 0 Å². The predicted octanol–water partition coefficient (Wildman–Crippen LogP) is 2.08. The van der Waals surface area contributed by atoms with Crippen molar-refractivity contribution in [3.8, 4) is 0 Å². The molecule has 0 bridgehead atoms. The molecule has 0 aliphatic carbocycles. The summed E-state index contributed by atoms with van der Waals surface area (Å²) in [6.45, 7) is 11.6. The number of benzene rings is 1. The third-order valence-electron chi connectivity index (χ3n) is 6.67. The van der Waals surface area contributed by atoms with Crippen LogP contribution in [0, 0.1) is 11.8 Å². The average molecular weight is 503 g/mol. The molecule has 1 unspecified atom stereocenters. The Morgan fingerprint density at radius 2 is 1.94 bits per heavy atom. The van der Waals surface area contributed by atoms with Crippen molar-refractivity contribution in [3.63, 3.8) is 0 Å². The second-order valence-electron chi connectivity index (χ2n) is 10.1. The molecule has 3 N–H and O–H groups in total. The quantitative estimate of drug-likeness (QED) is 0.402. The Morgan fingerprint density at radius 3 is 2.67 bits per heavy atom. The maximum absolute atomic E-state index is 13.2. The van der Waals surface area contributed by atoms with Crippen LogP contribution in [0.5, 0.6) is 0 Å². The highest BCUT2D eigenvalue weighted by molar-refractivity contribution is 5.99. The summed E-state index contributed by atoms with van der Waals surface area (Å²) in [4.78, 5) is 41.2. The molecule has 1 aromatic carbocycles. The molecule has 0 aromatic heterocycles. The molecule has 3 rings (SSSR count). The number of morpholine rings is 1. The van der Waals surface area contributed by atoms with Gasteiger partial charge >= 0.3 is 0 Å². The zero-order valence-electron chi connectivity index (χ0n) is 21.9. The minimum absolute atomic E-state index is 0.0116. The number of Topliss-reactive ketones (excluding diaryl/α,β-unsaturated/α-hetero) is 1. The van der Waals surface area contributed by atoms with Gasteiger partial charge in [-0.2, -0.15) is 0 Å². The van der Waals surface area contributed by atoms with Crippen LogP contribution in [0.1, 0.15) is 50.4 Å². The first-order valence-corrected chi connectivity index (χ1v) is 13.2. The number of nitrogens with zero attached hydrogens (tertiary/aromatic N) is 1. The van der Waals surface area contributed by atoms with Crippen molar-refractivity contribution in [2.24, 2.45) is 11.8 Å². The maximum Gasteiger partial charge on any atom is 0.252 e. The third kappa shape index (κ3) is 8.57. The van der Waals surface area contributed by atoms with Crippen LogP contribution in [0.25, 0.3) is 0 Å². The van der Waals surface area contributed by atoms with Gasteiger partial charge in [0.2, 0.25) is 5.91 Å². The van der Waals surface area contributed by atoms with Gasteiger partial charge in [0, 0.05) is 43.3 Å². The number of anilines is 1. The maximum atomic E-state index is 13.2. The van der Waals surface area contributed by atoms with E-state index in [1.54, 1.807) is 12.1 Å². The van der Waals surface area contributed by atoms with Gasteiger partial charge in [0.1, 0.15) is 12.6 Å². The van der Waals surface area contributed by atoms with E-state index >= 15 is 0 Å². The summed E-state index contributed by atoms with van der Waals surface area (Å²) < 4.78 is 10.8. The molecule has 2 aliphatic heterocycles. The van der Waals surface area contributed by atoms with Crippen molar-refractivity contribution >= 4 is 23.3 Å². The molecule has 0 radical (unpaired) electrons. The smallest absolute Gasteiger partial charge is 0.252 e. The molecule has 2 fully saturated rings. The fourth-order valence-corrected chi connectivity index (χ4v) is 4.73. The number of nitrogens with one attached hydrogen (secondary N) is 3. The molecule has 3 atom stereocenters. The van der Waals surface area contributed by atoms with Gasteiger partial charge in [-0.1, -0.05) is 33.3 Å². The number of amides is 2. The highest BCUT2D eigenvalue weighted by Gasteiger charge is 2.35. The van der Waals surface area contributed by atoms with Crippen LogP contribution >= 0.6 is 0 Å². The average Bonchev–Trinajstić information content (AvgIpc) is 2.86. The molecule has 0 spiro atoms.